The van der Waals surface area contributed by atoms with E-state index in [9.17, 15) is 14.5 Å². The molecule has 0 fully saturated rings. The molecule has 0 amide bonds. The van der Waals surface area contributed by atoms with Gasteiger partial charge in [0.15, 0.2) is 0 Å². The lowest BCUT2D eigenvalue weighted by Crippen LogP contribution is -2.04. The molecule has 6 nitrogen and oxygen atoms in total. The van der Waals surface area contributed by atoms with Gasteiger partial charge in [0.05, 0.1) is 10.4 Å². The van der Waals surface area contributed by atoms with Crippen LogP contribution in [0.4, 0.5) is 15.9 Å². The molecule has 0 radical (unpaired) electrons. The van der Waals surface area contributed by atoms with Gasteiger partial charge in [0.1, 0.15) is 23.3 Å². The maximum absolute atomic E-state index is 13.6. The summed E-state index contributed by atoms with van der Waals surface area (Å²) in [6.07, 6.45) is 1.34. The fourth-order valence-corrected chi connectivity index (χ4v) is 2.31. The molecule has 0 aliphatic rings. The normalized spacial score (nSPS) is 10.7. The first-order chi connectivity index (χ1) is 11.1. The van der Waals surface area contributed by atoms with Crippen LogP contribution >= 0.6 is 0 Å². The Morgan fingerprint density at radius 1 is 1.26 bits per heavy atom. The van der Waals surface area contributed by atoms with Crippen molar-refractivity contribution in [2.24, 2.45) is 0 Å². The molecule has 3 aromatic rings. The van der Waals surface area contributed by atoms with Crippen LogP contribution in [-0.4, -0.2) is 14.9 Å². The summed E-state index contributed by atoms with van der Waals surface area (Å²) in [4.78, 5) is 18.9. The van der Waals surface area contributed by atoms with E-state index in [4.69, 9.17) is 0 Å². The van der Waals surface area contributed by atoms with Crippen LogP contribution in [0.5, 0.6) is 0 Å². The van der Waals surface area contributed by atoms with E-state index in [1.807, 2.05) is 0 Å². The van der Waals surface area contributed by atoms with Gasteiger partial charge in [-0.05, 0) is 30.2 Å². The summed E-state index contributed by atoms with van der Waals surface area (Å²) in [5.74, 6) is 0.0612. The third-order valence-electron chi connectivity index (χ3n) is 3.53. The largest absolute Gasteiger partial charge is 0.365 e. The molecule has 1 N–H and O–H groups in total. The Kier molecular flexibility index (Phi) is 3.84. The van der Waals surface area contributed by atoms with Gasteiger partial charge in [0.25, 0.3) is 5.69 Å². The zero-order valence-corrected chi connectivity index (χ0v) is 12.3. The highest BCUT2D eigenvalue weighted by molar-refractivity contribution is 5.96. The third kappa shape index (κ3) is 2.94. The Morgan fingerprint density at radius 2 is 2.09 bits per heavy atom. The topological polar surface area (TPSA) is 81.0 Å². The zero-order chi connectivity index (χ0) is 16.4. The van der Waals surface area contributed by atoms with Crippen LogP contribution < -0.4 is 5.32 Å². The van der Waals surface area contributed by atoms with Gasteiger partial charge >= 0.3 is 0 Å². The SMILES string of the molecule is Cc1ccc(CNc2ncnc3cccc([N+](=O)[O-])c23)cc1F. The van der Waals surface area contributed by atoms with Crippen LogP contribution in [0, 0.1) is 22.9 Å². The summed E-state index contributed by atoms with van der Waals surface area (Å²) in [7, 11) is 0. The van der Waals surface area contributed by atoms with Crippen molar-refractivity contribution in [1.82, 2.24) is 9.97 Å². The predicted octanol–water partition coefficient (Wildman–Crippen LogP) is 3.60. The van der Waals surface area contributed by atoms with Crippen LogP contribution in [0.15, 0.2) is 42.7 Å². The predicted molar refractivity (Wildman–Crippen MR) is 84.7 cm³/mol. The van der Waals surface area contributed by atoms with Gasteiger partial charge in [-0.2, -0.15) is 0 Å². The number of fused-ring (bicyclic) bond motifs is 1. The highest BCUT2D eigenvalue weighted by Gasteiger charge is 2.16. The number of nitro benzene ring substituents is 1. The molecule has 0 aliphatic heterocycles. The summed E-state index contributed by atoms with van der Waals surface area (Å²) in [5.41, 5.74) is 1.70. The molecular weight excluding hydrogens is 299 g/mol. The maximum atomic E-state index is 13.6. The molecule has 0 unspecified atom stereocenters. The minimum absolute atomic E-state index is 0.0688. The molecule has 0 bridgehead atoms. The number of non-ortho nitro benzene ring substituents is 1. The number of aromatic nitrogens is 2. The molecule has 116 valence electrons. The van der Waals surface area contributed by atoms with Crippen LogP contribution in [0.3, 0.4) is 0 Å². The Labute approximate surface area is 131 Å². The molecule has 0 aliphatic carbocycles. The van der Waals surface area contributed by atoms with Crippen LogP contribution in [0.2, 0.25) is 0 Å². The quantitative estimate of drug-likeness (QED) is 0.588. The zero-order valence-electron chi connectivity index (χ0n) is 12.3. The minimum atomic E-state index is -0.470. The molecule has 7 heteroatoms. The van der Waals surface area contributed by atoms with Crippen molar-refractivity contribution >= 4 is 22.4 Å². The maximum Gasteiger partial charge on any atom is 0.282 e. The van der Waals surface area contributed by atoms with E-state index >= 15 is 0 Å². The van der Waals surface area contributed by atoms with Gasteiger partial charge in [-0.25, -0.2) is 14.4 Å². The average molecular weight is 312 g/mol. The van der Waals surface area contributed by atoms with Crippen molar-refractivity contribution in [1.29, 1.82) is 0 Å². The van der Waals surface area contributed by atoms with E-state index in [0.717, 1.165) is 5.56 Å². The fraction of sp³-hybridized carbons (Fsp3) is 0.125. The van der Waals surface area contributed by atoms with Crippen molar-refractivity contribution in [3.63, 3.8) is 0 Å². The van der Waals surface area contributed by atoms with Crippen LogP contribution in [0.1, 0.15) is 11.1 Å². The standard InChI is InChI=1S/C16H13FN4O2/c1-10-5-6-11(7-12(10)17)8-18-16-15-13(19-9-20-16)3-2-4-14(15)21(22)23/h2-7,9H,8H2,1H3,(H,18,19,20). The second-order valence-corrected chi connectivity index (χ2v) is 5.09. The first-order valence-electron chi connectivity index (χ1n) is 6.93. The van der Waals surface area contributed by atoms with Gasteiger partial charge in [0, 0.05) is 12.6 Å². The van der Waals surface area contributed by atoms with E-state index in [1.165, 1.54) is 18.5 Å². The molecule has 3 rings (SSSR count). The molecule has 0 atom stereocenters. The Hall–Kier alpha value is -3.09. The van der Waals surface area contributed by atoms with Gasteiger partial charge in [-0.3, -0.25) is 10.1 Å². The highest BCUT2D eigenvalue weighted by Crippen LogP contribution is 2.29. The second kappa shape index (κ2) is 5.96. The number of nitrogens with one attached hydrogen (secondary N) is 1. The number of nitro groups is 1. The smallest absolute Gasteiger partial charge is 0.282 e. The lowest BCUT2D eigenvalue weighted by atomic mass is 10.1. The summed E-state index contributed by atoms with van der Waals surface area (Å²) < 4.78 is 13.6. The average Bonchev–Trinajstić information content (AvgIpc) is 2.55. The number of rotatable bonds is 4. The molecule has 23 heavy (non-hydrogen) atoms. The van der Waals surface area contributed by atoms with Gasteiger partial charge in [-0.15, -0.1) is 0 Å². The molecular formula is C16H13FN4O2. The van der Waals surface area contributed by atoms with E-state index in [1.54, 1.807) is 31.2 Å². The first kappa shape index (κ1) is 14.8. The number of anilines is 1. The summed E-state index contributed by atoms with van der Waals surface area (Å²) in [6, 6.07) is 9.58. The number of halogens is 1. The third-order valence-corrected chi connectivity index (χ3v) is 3.53. The van der Waals surface area contributed by atoms with E-state index in [2.05, 4.69) is 15.3 Å². The molecule has 0 spiro atoms. The van der Waals surface area contributed by atoms with Crippen LogP contribution in [-0.2, 0) is 6.54 Å². The molecule has 0 saturated heterocycles. The number of hydrogen-bond donors (Lipinski definition) is 1. The Balaban J connectivity index is 1.96. The highest BCUT2D eigenvalue weighted by atomic mass is 19.1. The van der Waals surface area contributed by atoms with Gasteiger partial charge in [-0.1, -0.05) is 18.2 Å². The number of aryl methyl sites for hydroxylation is 1. The van der Waals surface area contributed by atoms with Crippen molar-refractivity contribution in [2.75, 3.05) is 5.32 Å². The molecule has 0 saturated carbocycles. The summed E-state index contributed by atoms with van der Waals surface area (Å²) in [5, 5.41) is 14.6. The molecule has 2 aromatic carbocycles. The Bertz CT molecular complexity index is 893. The number of nitrogens with zero attached hydrogens (tertiary/aromatic N) is 3. The van der Waals surface area contributed by atoms with E-state index < -0.39 is 4.92 Å². The molecule has 1 heterocycles. The van der Waals surface area contributed by atoms with Crippen molar-refractivity contribution in [2.45, 2.75) is 13.5 Å². The van der Waals surface area contributed by atoms with Gasteiger partial charge < -0.3 is 5.32 Å². The first-order valence-corrected chi connectivity index (χ1v) is 6.93. The monoisotopic (exact) mass is 312 g/mol. The fourth-order valence-electron chi connectivity index (χ4n) is 2.31. The number of benzene rings is 2. The van der Waals surface area contributed by atoms with Crippen molar-refractivity contribution < 1.29 is 9.31 Å². The lowest BCUT2D eigenvalue weighted by Gasteiger charge is -2.09. The van der Waals surface area contributed by atoms with E-state index in [-0.39, 0.29) is 11.5 Å². The van der Waals surface area contributed by atoms with Crippen molar-refractivity contribution in [3.8, 4) is 0 Å². The minimum Gasteiger partial charge on any atom is -0.365 e. The lowest BCUT2D eigenvalue weighted by molar-refractivity contribution is -0.383. The Morgan fingerprint density at radius 3 is 2.83 bits per heavy atom. The van der Waals surface area contributed by atoms with E-state index in [0.29, 0.717) is 28.8 Å². The van der Waals surface area contributed by atoms with Gasteiger partial charge in [0.2, 0.25) is 0 Å². The summed E-state index contributed by atoms with van der Waals surface area (Å²) in [6.45, 7) is 1.99. The molecule has 1 aromatic heterocycles. The summed E-state index contributed by atoms with van der Waals surface area (Å²) >= 11 is 0. The van der Waals surface area contributed by atoms with Crippen LogP contribution in [0.25, 0.3) is 10.9 Å². The second-order valence-electron chi connectivity index (χ2n) is 5.09. The van der Waals surface area contributed by atoms with Crippen molar-refractivity contribution in [3.05, 3.63) is 69.8 Å². The number of hydrogen-bond acceptors (Lipinski definition) is 5.